The first-order chi connectivity index (χ1) is 14.7. The van der Waals surface area contributed by atoms with Crippen LogP contribution in [-0.4, -0.2) is 0 Å². The molecule has 3 aliphatic rings. The molecule has 0 N–H and O–H groups in total. The van der Waals surface area contributed by atoms with E-state index in [1.807, 2.05) is 0 Å². The standard InChI is InChI=1S/C32H54/c1-23-20-24(2)22-25(21-23)13-14-26-12-11-17-32(10)27(26)15-16-28(32)30(6,7)18-19-31(8,9)29(3,4)5/h13-14,18-19,23-24,27-28H,11-12,15-17,20-22H2,1-10H3/b19-18+,25-13?,26-14+. The van der Waals surface area contributed by atoms with Gasteiger partial charge in [-0.25, -0.2) is 0 Å². The molecular formula is C32H54. The zero-order chi connectivity index (χ0) is 23.9. The van der Waals surface area contributed by atoms with Crippen molar-refractivity contribution in [2.24, 2.45) is 45.3 Å². The van der Waals surface area contributed by atoms with Crippen LogP contribution in [0.1, 0.15) is 121 Å². The molecule has 0 bridgehead atoms. The highest BCUT2D eigenvalue weighted by Crippen LogP contribution is 2.62. The van der Waals surface area contributed by atoms with Crippen LogP contribution in [0.3, 0.4) is 0 Å². The van der Waals surface area contributed by atoms with Gasteiger partial charge in [0.25, 0.3) is 0 Å². The second-order valence-corrected chi connectivity index (χ2v) is 14.6. The summed E-state index contributed by atoms with van der Waals surface area (Å²) in [5, 5.41) is 0. The number of hydrogen-bond donors (Lipinski definition) is 0. The Bertz CT molecular complexity index is 737. The molecule has 0 nitrogen and oxygen atoms in total. The summed E-state index contributed by atoms with van der Waals surface area (Å²) in [5.41, 5.74) is 4.68. The maximum Gasteiger partial charge on any atom is -0.0126 e. The number of fused-ring (bicyclic) bond motifs is 1. The number of hydrogen-bond acceptors (Lipinski definition) is 0. The number of allylic oxidation sites excluding steroid dienone is 6. The third-order valence-electron chi connectivity index (χ3n) is 10.3. The molecule has 5 unspecified atom stereocenters. The van der Waals surface area contributed by atoms with Crippen LogP contribution in [0.2, 0.25) is 0 Å². The first-order valence-electron chi connectivity index (χ1n) is 13.7. The molecule has 0 saturated heterocycles. The van der Waals surface area contributed by atoms with Gasteiger partial charge in [-0.1, -0.05) is 105 Å². The van der Waals surface area contributed by atoms with Crippen LogP contribution in [0.15, 0.2) is 35.5 Å². The van der Waals surface area contributed by atoms with Crippen LogP contribution in [0.25, 0.3) is 0 Å². The first-order valence-corrected chi connectivity index (χ1v) is 13.7. The third-order valence-corrected chi connectivity index (χ3v) is 10.3. The zero-order valence-electron chi connectivity index (χ0n) is 23.3. The molecule has 0 aromatic heterocycles. The predicted molar refractivity (Wildman–Crippen MR) is 143 cm³/mol. The lowest BCUT2D eigenvalue weighted by atomic mass is 9.57. The van der Waals surface area contributed by atoms with Gasteiger partial charge in [0, 0.05) is 0 Å². The van der Waals surface area contributed by atoms with E-state index in [0.29, 0.717) is 5.41 Å². The lowest BCUT2D eigenvalue weighted by molar-refractivity contribution is 0.0705. The summed E-state index contributed by atoms with van der Waals surface area (Å²) in [6.07, 6.45) is 21.2. The molecule has 0 aromatic carbocycles. The molecular weight excluding hydrogens is 384 g/mol. The summed E-state index contributed by atoms with van der Waals surface area (Å²) < 4.78 is 0. The van der Waals surface area contributed by atoms with Gasteiger partial charge in [-0.3, -0.25) is 0 Å². The molecule has 32 heavy (non-hydrogen) atoms. The van der Waals surface area contributed by atoms with Crippen molar-refractivity contribution in [1.82, 2.24) is 0 Å². The highest BCUT2D eigenvalue weighted by molar-refractivity contribution is 5.27. The van der Waals surface area contributed by atoms with E-state index in [0.717, 1.165) is 23.7 Å². The average molecular weight is 439 g/mol. The summed E-state index contributed by atoms with van der Waals surface area (Å²) >= 11 is 0. The van der Waals surface area contributed by atoms with E-state index in [9.17, 15) is 0 Å². The van der Waals surface area contributed by atoms with Gasteiger partial charge in [-0.15, -0.1) is 0 Å². The van der Waals surface area contributed by atoms with E-state index in [4.69, 9.17) is 0 Å². The maximum absolute atomic E-state index is 2.64. The van der Waals surface area contributed by atoms with Crippen LogP contribution >= 0.6 is 0 Å². The van der Waals surface area contributed by atoms with Crippen molar-refractivity contribution in [1.29, 1.82) is 0 Å². The van der Waals surface area contributed by atoms with Crippen LogP contribution in [0.4, 0.5) is 0 Å². The average Bonchev–Trinajstić information content (AvgIpc) is 3.01. The van der Waals surface area contributed by atoms with Gasteiger partial charge in [0.2, 0.25) is 0 Å². The number of rotatable bonds is 4. The Morgan fingerprint density at radius 3 is 2.06 bits per heavy atom. The van der Waals surface area contributed by atoms with E-state index in [1.165, 1.54) is 51.4 Å². The van der Waals surface area contributed by atoms with Crippen LogP contribution in [0.5, 0.6) is 0 Å². The molecule has 3 saturated carbocycles. The van der Waals surface area contributed by atoms with Gasteiger partial charge in [-0.2, -0.15) is 0 Å². The van der Waals surface area contributed by atoms with E-state index < -0.39 is 0 Å². The van der Waals surface area contributed by atoms with Gasteiger partial charge in [0.15, 0.2) is 0 Å². The Morgan fingerprint density at radius 2 is 1.47 bits per heavy atom. The van der Waals surface area contributed by atoms with Crippen molar-refractivity contribution in [3.8, 4) is 0 Å². The van der Waals surface area contributed by atoms with Crippen LogP contribution in [-0.2, 0) is 0 Å². The first kappa shape index (κ1) is 25.8. The normalized spacial score (nSPS) is 36.1. The molecule has 0 aliphatic heterocycles. The summed E-state index contributed by atoms with van der Waals surface area (Å²) in [6.45, 7) is 24.5. The molecule has 3 rings (SSSR count). The molecule has 0 amide bonds. The van der Waals surface area contributed by atoms with E-state index >= 15 is 0 Å². The molecule has 0 radical (unpaired) electrons. The van der Waals surface area contributed by atoms with Crippen LogP contribution in [0, 0.1) is 45.3 Å². The van der Waals surface area contributed by atoms with Gasteiger partial charge in [0.1, 0.15) is 0 Å². The lowest BCUT2D eigenvalue weighted by Crippen LogP contribution is -2.39. The Kier molecular flexibility index (Phi) is 7.35. The molecule has 0 heterocycles. The zero-order valence-corrected chi connectivity index (χ0v) is 23.3. The summed E-state index contributed by atoms with van der Waals surface area (Å²) in [4.78, 5) is 0. The molecule has 0 heteroatoms. The van der Waals surface area contributed by atoms with Crippen molar-refractivity contribution in [2.75, 3.05) is 0 Å². The fraction of sp³-hybridized carbons (Fsp3) is 0.812. The second-order valence-electron chi connectivity index (χ2n) is 14.6. The van der Waals surface area contributed by atoms with Gasteiger partial charge in [-0.05, 0) is 96.7 Å². The second kappa shape index (κ2) is 9.11. The molecule has 0 aromatic rings. The summed E-state index contributed by atoms with van der Waals surface area (Å²) in [5.74, 6) is 3.29. The predicted octanol–water partition coefficient (Wildman–Crippen LogP) is 10.2. The van der Waals surface area contributed by atoms with Gasteiger partial charge < -0.3 is 0 Å². The third kappa shape index (κ3) is 5.31. The van der Waals surface area contributed by atoms with Crippen molar-refractivity contribution < 1.29 is 0 Å². The molecule has 0 spiro atoms. The molecule has 5 atom stereocenters. The largest absolute Gasteiger partial charge is 0.0820 e. The van der Waals surface area contributed by atoms with Crippen molar-refractivity contribution in [3.05, 3.63) is 35.5 Å². The van der Waals surface area contributed by atoms with Gasteiger partial charge >= 0.3 is 0 Å². The monoisotopic (exact) mass is 438 g/mol. The SMILES string of the molecule is CC1CC(=C/C=C2\CCCC3(C)C2CCC3C(C)(C)/C=C/C(C)(C)C(C)(C)C)CC(C)C1. The van der Waals surface area contributed by atoms with Gasteiger partial charge in [0.05, 0.1) is 0 Å². The Hall–Kier alpha value is -0.780. The minimum Gasteiger partial charge on any atom is -0.0820 e. The maximum atomic E-state index is 2.64. The van der Waals surface area contributed by atoms with Crippen molar-refractivity contribution in [3.63, 3.8) is 0 Å². The lowest BCUT2D eigenvalue weighted by Gasteiger charge is -2.47. The van der Waals surface area contributed by atoms with Crippen molar-refractivity contribution in [2.45, 2.75) is 121 Å². The Labute approximate surface area is 201 Å². The molecule has 182 valence electrons. The Balaban J connectivity index is 1.81. The van der Waals surface area contributed by atoms with E-state index in [2.05, 4.69) is 93.5 Å². The topological polar surface area (TPSA) is 0 Å². The molecule has 3 aliphatic carbocycles. The summed E-state index contributed by atoms with van der Waals surface area (Å²) in [7, 11) is 0. The summed E-state index contributed by atoms with van der Waals surface area (Å²) in [6, 6.07) is 0. The highest BCUT2D eigenvalue weighted by atomic mass is 14.6. The van der Waals surface area contributed by atoms with E-state index in [-0.39, 0.29) is 16.2 Å². The Morgan fingerprint density at radius 1 is 0.844 bits per heavy atom. The van der Waals surface area contributed by atoms with Crippen molar-refractivity contribution >= 4 is 0 Å². The molecule has 3 fully saturated rings. The minimum absolute atomic E-state index is 0.210. The smallest absolute Gasteiger partial charge is 0.0126 e. The fourth-order valence-electron chi connectivity index (χ4n) is 7.44. The fourth-order valence-corrected chi connectivity index (χ4v) is 7.44. The van der Waals surface area contributed by atoms with Crippen LogP contribution < -0.4 is 0 Å². The van der Waals surface area contributed by atoms with E-state index in [1.54, 1.807) is 11.1 Å². The minimum atomic E-state index is 0.210. The quantitative estimate of drug-likeness (QED) is 0.383. The highest BCUT2D eigenvalue weighted by Gasteiger charge is 2.53.